The topological polar surface area (TPSA) is 99.3 Å². The quantitative estimate of drug-likeness (QED) is 0.483. The van der Waals surface area contributed by atoms with Crippen molar-refractivity contribution in [2.45, 2.75) is 38.6 Å². The maximum atomic E-state index is 12.0. The molecule has 0 spiro atoms. The molecule has 1 aliphatic rings. The summed E-state index contributed by atoms with van der Waals surface area (Å²) >= 11 is 0. The van der Waals surface area contributed by atoms with Crippen LogP contribution in [-0.2, 0) is 10.2 Å². The van der Waals surface area contributed by atoms with Crippen LogP contribution in [0.15, 0.2) is 0 Å². The van der Waals surface area contributed by atoms with Crippen molar-refractivity contribution < 1.29 is 8.42 Å². The summed E-state index contributed by atoms with van der Waals surface area (Å²) in [6, 6.07) is 0. The molecular formula is C9H20N4O2S. The Morgan fingerprint density at radius 3 is 2.25 bits per heavy atom. The van der Waals surface area contributed by atoms with Crippen LogP contribution < -0.4 is 10.5 Å². The van der Waals surface area contributed by atoms with Gasteiger partial charge in [0.1, 0.15) is 5.84 Å². The van der Waals surface area contributed by atoms with E-state index in [0.717, 1.165) is 19.3 Å². The Kier molecular flexibility index (Phi) is 3.92. The minimum atomic E-state index is -3.52. The Hall–Kier alpha value is -0.660. The summed E-state index contributed by atoms with van der Waals surface area (Å²) in [4.78, 5) is 0. The molecule has 0 aromatic heterocycles. The van der Waals surface area contributed by atoms with E-state index in [1.165, 1.54) is 4.31 Å². The number of piperidine rings is 1. The van der Waals surface area contributed by atoms with Gasteiger partial charge >= 0.3 is 0 Å². The first-order valence-electron chi connectivity index (χ1n) is 5.39. The highest BCUT2D eigenvalue weighted by atomic mass is 32.2. The van der Waals surface area contributed by atoms with Crippen LogP contribution in [-0.4, -0.2) is 37.2 Å². The van der Waals surface area contributed by atoms with E-state index in [4.69, 9.17) is 11.1 Å². The number of hydrogen-bond acceptors (Lipinski definition) is 3. The van der Waals surface area contributed by atoms with Gasteiger partial charge in [0.25, 0.3) is 10.2 Å². The first-order valence-corrected chi connectivity index (χ1v) is 6.83. The normalized spacial score (nSPS) is 19.6. The van der Waals surface area contributed by atoms with Crippen molar-refractivity contribution in [3.8, 4) is 0 Å². The van der Waals surface area contributed by atoms with E-state index in [9.17, 15) is 8.42 Å². The van der Waals surface area contributed by atoms with Crippen molar-refractivity contribution in [2.75, 3.05) is 13.1 Å². The fourth-order valence-electron chi connectivity index (χ4n) is 1.55. The molecule has 1 fully saturated rings. The van der Waals surface area contributed by atoms with Crippen LogP contribution in [0.5, 0.6) is 0 Å². The lowest BCUT2D eigenvalue weighted by Gasteiger charge is -2.31. The Labute approximate surface area is 96.9 Å². The lowest BCUT2D eigenvalue weighted by molar-refractivity contribution is 0.337. The monoisotopic (exact) mass is 248 g/mol. The van der Waals surface area contributed by atoms with Gasteiger partial charge in [-0.2, -0.15) is 17.4 Å². The van der Waals surface area contributed by atoms with Gasteiger partial charge < -0.3 is 5.73 Å². The fraction of sp³-hybridized carbons (Fsp3) is 0.889. The number of hydrogen-bond donors (Lipinski definition) is 3. The first-order chi connectivity index (χ1) is 7.26. The van der Waals surface area contributed by atoms with Crippen LogP contribution in [0.1, 0.15) is 33.1 Å². The smallest absolute Gasteiger partial charge is 0.280 e. The molecule has 4 N–H and O–H groups in total. The number of nitrogens with two attached hydrogens (primary N) is 1. The second-order valence-electron chi connectivity index (χ2n) is 4.61. The number of nitrogens with zero attached hydrogens (tertiary/aromatic N) is 1. The van der Waals surface area contributed by atoms with E-state index in [2.05, 4.69) is 4.72 Å². The summed E-state index contributed by atoms with van der Waals surface area (Å²) in [5, 5.41) is 7.32. The number of rotatable bonds is 4. The molecule has 0 radical (unpaired) electrons. The van der Waals surface area contributed by atoms with E-state index in [1.54, 1.807) is 13.8 Å². The van der Waals surface area contributed by atoms with E-state index in [1.807, 2.05) is 0 Å². The third kappa shape index (κ3) is 3.16. The molecule has 1 rings (SSSR count). The van der Waals surface area contributed by atoms with Crippen molar-refractivity contribution in [1.29, 1.82) is 5.41 Å². The average Bonchev–Trinajstić information content (AvgIpc) is 2.17. The summed E-state index contributed by atoms with van der Waals surface area (Å²) < 4.78 is 27.8. The molecule has 0 unspecified atom stereocenters. The summed E-state index contributed by atoms with van der Waals surface area (Å²) in [6.45, 7) is 4.25. The molecule has 1 saturated heterocycles. The molecule has 0 aliphatic carbocycles. The molecule has 0 saturated carbocycles. The zero-order valence-electron chi connectivity index (χ0n) is 9.78. The zero-order valence-corrected chi connectivity index (χ0v) is 10.6. The van der Waals surface area contributed by atoms with Gasteiger partial charge in [-0.1, -0.05) is 6.42 Å². The second kappa shape index (κ2) is 4.68. The molecule has 0 bridgehead atoms. The predicted molar refractivity (Wildman–Crippen MR) is 63.5 cm³/mol. The van der Waals surface area contributed by atoms with Gasteiger partial charge in [-0.15, -0.1) is 0 Å². The molecule has 0 aromatic carbocycles. The van der Waals surface area contributed by atoms with Gasteiger partial charge in [-0.3, -0.25) is 5.41 Å². The van der Waals surface area contributed by atoms with Gasteiger partial charge in [0.2, 0.25) is 0 Å². The van der Waals surface area contributed by atoms with Crippen molar-refractivity contribution in [1.82, 2.24) is 9.03 Å². The van der Waals surface area contributed by atoms with Gasteiger partial charge in [0.15, 0.2) is 0 Å². The fourth-order valence-corrected chi connectivity index (χ4v) is 3.17. The van der Waals surface area contributed by atoms with Gasteiger partial charge in [-0.05, 0) is 26.7 Å². The Bertz CT molecular complexity index is 358. The van der Waals surface area contributed by atoms with Gasteiger partial charge in [-0.25, -0.2) is 0 Å². The third-order valence-electron chi connectivity index (χ3n) is 2.71. The number of amidine groups is 1. The van der Waals surface area contributed by atoms with E-state index in [-0.39, 0.29) is 5.84 Å². The van der Waals surface area contributed by atoms with Crippen LogP contribution in [0.25, 0.3) is 0 Å². The van der Waals surface area contributed by atoms with E-state index >= 15 is 0 Å². The highest BCUT2D eigenvalue weighted by molar-refractivity contribution is 7.87. The summed E-state index contributed by atoms with van der Waals surface area (Å²) in [6.07, 6.45) is 2.85. The first kappa shape index (κ1) is 13.4. The summed E-state index contributed by atoms with van der Waals surface area (Å²) in [5.74, 6) is -0.187. The summed E-state index contributed by atoms with van der Waals surface area (Å²) in [5.41, 5.74) is 4.31. The molecule has 94 valence electrons. The van der Waals surface area contributed by atoms with Gasteiger partial charge in [0, 0.05) is 13.1 Å². The minimum absolute atomic E-state index is 0.187. The maximum Gasteiger partial charge on any atom is 0.280 e. The minimum Gasteiger partial charge on any atom is -0.386 e. The van der Waals surface area contributed by atoms with Crippen molar-refractivity contribution in [2.24, 2.45) is 5.73 Å². The van der Waals surface area contributed by atoms with Crippen molar-refractivity contribution in [3.63, 3.8) is 0 Å². The molecule has 16 heavy (non-hydrogen) atoms. The van der Waals surface area contributed by atoms with E-state index < -0.39 is 15.7 Å². The number of nitrogens with one attached hydrogen (secondary N) is 2. The van der Waals surface area contributed by atoms with Crippen LogP contribution in [0.4, 0.5) is 0 Å². The second-order valence-corrected chi connectivity index (χ2v) is 6.28. The zero-order chi connectivity index (χ0) is 12.4. The third-order valence-corrected chi connectivity index (χ3v) is 4.53. The highest BCUT2D eigenvalue weighted by Crippen LogP contribution is 2.14. The lowest BCUT2D eigenvalue weighted by atomic mass is 10.1. The molecule has 1 heterocycles. The molecule has 1 aliphatic heterocycles. The lowest BCUT2D eigenvalue weighted by Crippen LogP contribution is -2.57. The molecule has 0 aromatic rings. The molecule has 7 heteroatoms. The average molecular weight is 248 g/mol. The summed E-state index contributed by atoms with van der Waals surface area (Å²) in [7, 11) is -3.52. The van der Waals surface area contributed by atoms with Crippen LogP contribution in [0, 0.1) is 5.41 Å². The standard InChI is InChI=1S/C9H20N4O2S/c1-9(2,8(10)11)12-16(14,15)13-6-4-3-5-7-13/h12H,3-7H2,1-2H3,(H3,10,11). The van der Waals surface area contributed by atoms with Crippen LogP contribution in [0.2, 0.25) is 0 Å². The predicted octanol–water partition coefficient (Wildman–Crippen LogP) is 0.0213. The van der Waals surface area contributed by atoms with Gasteiger partial charge in [0.05, 0.1) is 5.54 Å². The Balaban J connectivity index is 2.74. The SMILES string of the molecule is CC(C)(NS(=O)(=O)N1CCCCC1)C(=N)N. The largest absolute Gasteiger partial charge is 0.386 e. The molecule has 0 atom stereocenters. The van der Waals surface area contributed by atoms with Crippen molar-refractivity contribution in [3.05, 3.63) is 0 Å². The Morgan fingerprint density at radius 1 is 1.31 bits per heavy atom. The molecule has 6 nitrogen and oxygen atoms in total. The van der Waals surface area contributed by atoms with Crippen molar-refractivity contribution >= 4 is 16.0 Å². The highest BCUT2D eigenvalue weighted by Gasteiger charge is 2.32. The Morgan fingerprint density at radius 2 is 1.81 bits per heavy atom. The van der Waals surface area contributed by atoms with E-state index in [0.29, 0.717) is 13.1 Å². The van der Waals surface area contributed by atoms with Crippen LogP contribution >= 0.6 is 0 Å². The maximum absolute atomic E-state index is 12.0. The molecular weight excluding hydrogens is 228 g/mol. The van der Waals surface area contributed by atoms with Crippen LogP contribution in [0.3, 0.4) is 0 Å². The molecule has 0 amide bonds.